The van der Waals surface area contributed by atoms with Crippen molar-refractivity contribution < 1.29 is 0 Å². The third kappa shape index (κ3) is 3.82. The number of thiophene rings is 2. The molecule has 0 fully saturated rings. The van der Waals surface area contributed by atoms with Crippen molar-refractivity contribution >= 4 is 53.6 Å². The van der Waals surface area contributed by atoms with Gasteiger partial charge in [-0.1, -0.05) is 64.0 Å². The lowest BCUT2D eigenvalue weighted by molar-refractivity contribution is 0.576. The van der Waals surface area contributed by atoms with Gasteiger partial charge < -0.3 is 0 Å². The summed E-state index contributed by atoms with van der Waals surface area (Å²) in [5.41, 5.74) is 0. The first-order chi connectivity index (χ1) is 12.9. The van der Waals surface area contributed by atoms with E-state index in [4.69, 9.17) is 0 Å². The second kappa shape index (κ2) is 8.54. The van der Waals surface area contributed by atoms with Gasteiger partial charge in [0.1, 0.15) is 0 Å². The Morgan fingerprint density at radius 2 is 1.35 bits per heavy atom. The summed E-state index contributed by atoms with van der Waals surface area (Å²) in [5.74, 6) is 0. The van der Waals surface area contributed by atoms with Crippen molar-refractivity contribution in [2.75, 3.05) is 0 Å². The van der Waals surface area contributed by atoms with Gasteiger partial charge in [-0.3, -0.25) is 0 Å². The number of aryl methyl sites for hydroxylation is 1. The van der Waals surface area contributed by atoms with E-state index in [1.165, 1.54) is 88.7 Å². The molecule has 4 rings (SSSR count). The molecule has 0 saturated carbocycles. The summed E-state index contributed by atoms with van der Waals surface area (Å²) in [7, 11) is 0. The number of fused-ring (bicyclic) bond motifs is 5. The van der Waals surface area contributed by atoms with Crippen molar-refractivity contribution in [2.24, 2.45) is 0 Å². The molecule has 2 heterocycles. The highest BCUT2D eigenvalue weighted by molar-refractivity contribution is 7.19. The number of hydrogen-bond acceptors (Lipinski definition) is 2. The second-order valence-electron chi connectivity index (χ2n) is 7.41. The Morgan fingerprint density at radius 1 is 0.654 bits per heavy atom. The van der Waals surface area contributed by atoms with Gasteiger partial charge in [-0.05, 0) is 53.3 Å². The van der Waals surface area contributed by atoms with E-state index in [2.05, 4.69) is 48.7 Å². The molecule has 2 heteroatoms. The molecule has 0 amide bonds. The first kappa shape index (κ1) is 18.0. The van der Waals surface area contributed by atoms with Gasteiger partial charge in [0, 0.05) is 25.0 Å². The molecule has 136 valence electrons. The van der Waals surface area contributed by atoms with Crippen molar-refractivity contribution in [3.63, 3.8) is 0 Å². The first-order valence-corrected chi connectivity index (χ1v) is 11.9. The number of hydrogen-bond donors (Lipinski definition) is 0. The molecule has 0 atom stereocenters. The summed E-state index contributed by atoms with van der Waals surface area (Å²) in [4.78, 5) is 1.56. The maximum absolute atomic E-state index is 2.46. The smallest absolute Gasteiger partial charge is 0.0352 e. The van der Waals surface area contributed by atoms with Gasteiger partial charge in [0.25, 0.3) is 0 Å². The van der Waals surface area contributed by atoms with Crippen LogP contribution in [-0.2, 0) is 6.42 Å². The molecular weight excluding hydrogens is 352 g/mol. The van der Waals surface area contributed by atoms with E-state index < -0.39 is 0 Å². The van der Waals surface area contributed by atoms with Crippen LogP contribution in [0.5, 0.6) is 0 Å². The summed E-state index contributed by atoms with van der Waals surface area (Å²) < 4.78 is 2.84. The minimum absolute atomic E-state index is 1.25. The molecule has 0 N–H and O–H groups in total. The van der Waals surface area contributed by atoms with Crippen molar-refractivity contribution in [3.05, 3.63) is 46.7 Å². The Kier molecular flexibility index (Phi) is 5.91. The molecule has 0 radical (unpaired) electrons. The second-order valence-corrected chi connectivity index (χ2v) is 9.52. The van der Waals surface area contributed by atoms with E-state index in [9.17, 15) is 0 Å². The highest BCUT2D eigenvalue weighted by Crippen LogP contribution is 2.37. The Hall–Kier alpha value is -1.38. The molecule has 0 unspecified atom stereocenters. The van der Waals surface area contributed by atoms with Crippen molar-refractivity contribution in [1.82, 2.24) is 0 Å². The van der Waals surface area contributed by atoms with Gasteiger partial charge in [-0.15, -0.1) is 22.7 Å². The molecule has 2 aromatic carbocycles. The van der Waals surface area contributed by atoms with Crippen LogP contribution in [0, 0.1) is 0 Å². The zero-order chi connectivity index (χ0) is 17.8. The van der Waals surface area contributed by atoms with Crippen molar-refractivity contribution in [1.29, 1.82) is 0 Å². The largest absolute Gasteiger partial charge is 0.144 e. The monoisotopic (exact) mass is 380 g/mol. The lowest BCUT2D eigenvalue weighted by atomic mass is 10.0. The number of rotatable bonds is 9. The Bertz CT molecular complexity index is 989. The highest BCUT2D eigenvalue weighted by Gasteiger charge is 2.08. The van der Waals surface area contributed by atoms with Crippen LogP contribution in [0.3, 0.4) is 0 Å². The maximum atomic E-state index is 2.46. The maximum Gasteiger partial charge on any atom is 0.0352 e. The molecule has 0 aliphatic rings. The molecule has 0 aliphatic carbocycles. The van der Waals surface area contributed by atoms with E-state index >= 15 is 0 Å². The van der Waals surface area contributed by atoms with Gasteiger partial charge in [0.15, 0.2) is 0 Å². The molecular formula is C24H28S2. The van der Waals surface area contributed by atoms with Crippen LogP contribution in [0.2, 0.25) is 0 Å². The van der Waals surface area contributed by atoms with E-state index in [0.29, 0.717) is 0 Å². The van der Waals surface area contributed by atoms with Gasteiger partial charge in [-0.2, -0.15) is 0 Å². The van der Waals surface area contributed by atoms with Crippen LogP contribution in [0.15, 0.2) is 41.8 Å². The van der Waals surface area contributed by atoms with Gasteiger partial charge >= 0.3 is 0 Å². The fourth-order valence-electron chi connectivity index (χ4n) is 3.99. The van der Waals surface area contributed by atoms with E-state index in [1.54, 1.807) is 4.88 Å². The lowest BCUT2D eigenvalue weighted by Crippen LogP contribution is -1.83. The Morgan fingerprint density at radius 3 is 2.15 bits per heavy atom. The molecule has 0 aliphatic heterocycles. The molecule has 0 nitrogen and oxygen atoms in total. The molecule has 0 saturated heterocycles. The molecule has 2 aromatic heterocycles. The fourth-order valence-corrected chi connectivity index (χ4v) is 5.91. The molecule has 26 heavy (non-hydrogen) atoms. The quantitative estimate of drug-likeness (QED) is 0.254. The third-order valence-electron chi connectivity index (χ3n) is 5.46. The predicted octanol–water partition coefficient (Wildman–Crippen LogP) is 8.95. The Labute approximate surface area is 164 Å². The van der Waals surface area contributed by atoms with Crippen molar-refractivity contribution in [2.45, 2.75) is 64.7 Å². The fraction of sp³-hybridized carbons (Fsp3) is 0.417. The van der Waals surface area contributed by atoms with Crippen LogP contribution in [0.4, 0.5) is 0 Å². The van der Waals surface area contributed by atoms with E-state index in [1.807, 2.05) is 22.7 Å². The lowest BCUT2D eigenvalue weighted by Gasteiger charge is -2.01. The summed E-state index contributed by atoms with van der Waals surface area (Å²) >= 11 is 3.83. The normalized spacial score (nSPS) is 11.9. The minimum atomic E-state index is 1.25. The summed E-state index contributed by atoms with van der Waals surface area (Å²) in [6.07, 6.45) is 12.4. The topological polar surface area (TPSA) is 0 Å². The number of benzene rings is 2. The van der Waals surface area contributed by atoms with Gasteiger partial charge in [0.2, 0.25) is 0 Å². The zero-order valence-corrected chi connectivity index (χ0v) is 17.4. The number of unbranched alkanes of at least 4 members (excludes halogenated alkanes) is 7. The van der Waals surface area contributed by atoms with Crippen LogP contribution in [-0.4, -0.2) is 0 Å². The summed E-state index contributed by atoms with van der Waals surface area (Å²) in [6.45, 7) is 2.29. The predicted molar refractivity (Wildman–Crippen MR) is 121 cm³/mol. The van der Waals surface area contributed by atoms with Crippen molar-refractivity contribution in [3.8, 4) is 0 Å². The van der Waals surface area contributed by atoms with Gasteiger partial charge in [0.05, 0.1) is 0 Å². The SMILES string of the molecule is CCCCCCCCCCc1cc2c(ccc3c4ccsc4ccc23)s1. The van der Waals surface area contributed by atoms with E-state index in [0.717, 1.165) is 0 Å². The van der Waals surface area contributed by atoms with Crippen LogP contribution in [0.25, 0.3) is 30.9 Å². The highest BCUT2D eigenvalue weighted by atomic mass is 32.1. The van der Waals surface area contributed by atoms with Gasteiger partial charge in [-0.25, -0.2) is 0 Å². The zero-order valence-electron chi connectivity index (χ0n) is 15.7. The van der Waals surface area contributed by atoms with Crippen LogP contribution >= 0.6 is 22.7 Å². The standard InChI is InChI=1S/C24H28S2/c1-2-3-4-5-6-7-8-9-10-18-17-22-20-11-13-23-21(15-16-25-23)19(20)12-14-24(22)26-18/h11-17H,2-10H2,1H3. The summed E-state index contributed by atoms with van der Waals surface area (Å²) in [6, 6.07) is 14.0. The van der Waals surface area contributed by atoms with E-state index in [-0.39, 0.29) is 0 Å². The average Bonchev–Trinajstić information content (AvgIpc) is 3.29. The minimum Gasteiger partial charge on any atom is -0.144 e. The Balaban J connectivity index is 1.42. The molecule has 0 bridgehead atoms. The first-order valence-electron chi connectivity index (χ1n) is 10.2. The molecule has 4 aromatic rings. The van der Waals surface area contributed by atoms with Crippen LogP contribution in [0.1, 0.15) is 63.2 Å². The average molecular weight is 381 g/mol. The third-order valence-corrected chi connectivity index (χ3v) is 7.50. The van der Waals surface area contributed by atoms with Crippen LogP contribution < -0.4 is 0 Å². The summed E-state index contributed by atoms with van der Waals surface area (Å²) in [5, 5.41) is 7.90. The molecule has 0 spiro atoms.